The molecule has 6 heteroatoms. The molecule has 0 atom stereocenters. The van der Waals surface area contributed by atoms with E-state index in [0.717, 1.165) is 12.1 Å². The zero-order chi connectivity index (χ0) is 16.1. The van der Waals surface area contributed by atoms with Crippen LogP contribution in [0.1, 0.15) is 15.9 Å². The lowest BCUT2D eigenvalue weighted by Gasteiger charge is -2.07. The molecule has 0 heterocycles. The van der Waals surface area contributed by atoms with Crippen LogP contribution in [0.25, 0.3) is 0 Å². The maximum atomic E-state index is 13.1. The largest absolute Gasteiger partial charge is 0.469 e. The molecule has 0 aliphatic carbocycles. The van der Waals surface area contributed by atoms with Gasteiger partial charge >= 0.3 is 5.97 Å². The van der Waals surface area contributed by atoms with Crippen LogP contribution in [0.2, 0.25) is 0 Å². The normalized spacial score (nSPS) is 10.1. The van der Waals surface area contributed by atoms with E-state index in [1.54, 1.807) is 24.3 Å². The molecule has 1 N–H and O–H groups in total. The fraction of sp³-hybridized carbons (Fsp3) is 0.125. The zero-order valence-electron chi connectivity index (χ0n) is 11.7. The number of ether oxygens (including phenoxy) is 1. The predicted octanol–water partition coefficient (Wildman–Crippen LogP) is 2.93. The lowest BCUT2D eigenvalue weighted by molar-refractivity contribution is -0.139. The molecule has 0 radical (unpaired) electrons. The minimum Gasteiger partial charge on any atom is -0.469 e. The molecule has 0 spiro atoms. The number of rotatable bonds is 4. The quantitative estimate of drug-likeness (QED) is 0.884. The molecule has 2 aromatic carbocycles. The summed E-state index contributed by atoms with van der Waals surface area (Å²) in [6, 6.07) is 9.50. The molecular weight excluding hydrogens is 292 g/mol. The van der Waals surface area contributed by atoms with Crippen LogP contribution in [-0.4, -0.2) is 19.0 Å². The first-order valence-electron chi connectivity index (χ1n) is 6.42. The van der Waals surface area contributed by atoms with Crippen LogP contribution < -0.4 is 5.32 Å². The number of carbonyl (C=O) groups excluding carboxylic acids is 2. The van der Waals surface area contributed by atoms with Crippen molar-refractivity contribution in [2.24, 2.45) is 0 Å². The predicted molar refractivity (Wildman–Crippen MR) is 76.5 cm³/mol. The molecule has 2 rings (SSSR count). The third-order valence-electron chi connectivity index (χ3n) is 2.94. The average molecular weight is 305 g/mol. The van der Waals surface area contributed by atoms with Gasteiger partial charge < -0.3 is 10.1 Å². The third-order valence-corrected chi connectivity index (χ3v) is 2.94. The molecule has 0 saturated heterocycles. The van der Waals surface area contributed by atoms with Crippen molar-refractivity contribution in [2.45, 2.75) is 6.42 Å². The van der Waals surface area contributed by atoms with Crippen molar-refractivity contribution in [3.05, 3.63) is 65.2 Å². The van der Waals surface area contributed by atoms with E-state index in [0.29, 0.717) is 11.3 Å². The Morgan fingerprint density at radius 3 is 2.55 bits per heavy atom. The van der Waals surface area contributed by atoms with Gasteiger partial charge in [-0.15, -0.1) is 0 Å². The van der Waals surface area contributed by atoms with Crippen LogP contribution in [0.5, 0.6) is 0 Å². The van der Waals surface area contributed by atoms with Crippen LogP contribution >= 0.6 is 0 Å². The number of hydrogen-bond donors (Lipinski definition) is 1. The van der Waals surface area contributed by atoms with Gasteiger partial charge in [-0.2, -0.15) is 0 Å². The number of nitrogens with one attached hydrogen (secondary N) is 1. The average Bonchev–Trinajstić information content (AvgIpc) is 2.50. The number of hydrogen-bond acceptors (Lipinski definition) is 3. The van der Waals surface area contributed by atoms with E-state index in [-0.39, 0.29) is 12.0 Å². The lowest BCUT2D eigenvalue weighted by atomic mass is 10.1. The second-order valence-corrected chi connectivity index (χ2v) is 4.54. The number of amides is 1. The van der Waals surface area contributed by atoms with Crippen molar-refractivity contribution in [3.8, 4) is 0 Å². The van der Waals surface area contributed by atoms with Gasteiger partial charge in [-0.1, -0.05) is 12.1 Å². The first-order valence-corrected chi connectivity index (χ1v) is 6.42. The summed E-state index contributed by atoms with van der Waals surface area (Å²) in [5, 5.41) is 2.56. The van der Waals surface area contributed by atoms with Gasteiger partial charge in [0.25, 0.3) is 5.91 Å². The Morgan fingerprint density at radius 1 is 1.09 bits per heavy atom. The highest BCUT2D eigenvalue weighted by Crippen LogP contribution is 2.14. The minimum absolute atomic E-state index is 0.00253. The standard InChI is InChI=1S/C16H13F2NO3/c1-22-15(20)8-10-3-2-4-12(7-10)19-16(21)11-5-6-13(17)14(18)9-11/h2-7,9H,8H2,1H3,(H,19,21). The Morgan fingerprint density at radius 2 is 1.86 bits per heavy atom. The van der Waals surface area contributed by atoms with Crippen molar-refractivity contribution in [3.63, 3.8) is 0 Å². The Balaban J connectivity index is 2.12. The van der Waals surface area contributed by atoms with Crippen LogP contribution in [0.4, 0.5) is 14.5 Å². The van der Waals surface area contributed by atoms with E-state index in [1.165, 1.54) is 13.2 Å². The molecule has 0 aliphatic heterocycles. The smallest absolute Gasteiger partial charge is 0.309 e. The third kappa shape index (κ3) is 3.88. The molecule has 0 aliphatic rings. The number of esters is 1. The first kappa shape index (κ1) is 15.6. The second kappa shape index (κ2) is 6.80. The summed E-state index contributed by atoms with van der Waals surface area (Å²) in [5.74, 6) is -3.08. The van der Waals surface area contributed by atoms with Crippen molar-refractivity contribution in [1.82, 2.24) is 0 Å². The molecule has 0 saturated carbocycles. The van der Waals surface area contributed by atoms with Gasteiger partial charge in [0.2, 0.25) is 0 Å². The molecule has 4 nitrogen and oxygen atoms in total. The van der Waals surface area contributed by atoms with Crippen molar-refractivity contribution in [1.29, 1.82) is 0 Å². The molecular formula is C16H13F2NO3. The number of benzene rings is 2. The van der Waals surface area contributed by atoms with E-state index in [4.69, 9.17) is 0 Å². The number of anilines is 1. The van der Waals surface area contributed by atoms with Crippen LogP contribution in [0.15, 0.2) is 42.5 Å². The summed E-state index contributed by atoms with van der Waals surface area (Å²) in [4.78, 5) is 23.2. The van der Waals surface area contributed by atoms with E-state index >= 15 is 0 Å². The summed E-state index contributed by atoms with van der Waals surface area (Å²) in [5.41, 5.74) is 1.10. The van der Waals surface area contributed by atoms with Crippen molar-refractivity contribution >= 4 is 17.6 Å². The molecule has 22 heavy (non-hydrogen) atoms. The van der Waals surface area contributed by atoms with Crippen molar-refractivity contribution in [2.75, 3.05) is 12.4 Å². The molecule has 1 amide bonds. The summed E-state index contributed by atoms with van der Waals surface area (Å²) in [6.07, 6.45) is 0.0748. The van der Waals surface area contributed by atoms with Gasteiger partial charge in [0.1, 0.15) is 0 Å². The lowest BCUT2D eigenvalue weighted by Crippen LogP contribution is -2.13. The van der Waals surface area contributed by atoms with Gasteiger partial charge in [0.05, 0.1) is 13.5 Å². The SMILES string of the molecule is COC(=O)Cc1cccc(NC(=O)c2ccc(F)c(F)c2)c1. The van der Waals surface area contributed by atoms with Crippen LogP contribution in [-0.2, 0) is 16.0 Å². The maximum absolute atomic E-state index is 13.1. The van der Waals surface area contributed by atoms with Crippen LogP contribution in [0.3, 0.4) is 0 Å². The summed E-state index contributed by atoms with van der Waals surface area (Å²) in [6.45, 7) is 0. The second-order valence-electron chi connectivity index (χ2n) is 4.54. The molecule has 0 bridgehead atoms. The summed E-state index contributed by atoms with van der Waals surface area (Å²) < 4.78 is 30.5. The molecule has 0 aromatic heterocycles. The monoisotopic (exact) mass is 305 g/mol. The highest BCUT2D eigenvalue weighted by atomic mass is 19.2. The fourth-order valence-corrected chi connectivity index (χ4v) is 1.84. The van der Waals surface area contributed by atoms with E-state index in [2.05, 4.69) is 10.1 Å². The van der Waals surface area contributed by atoms with Gasteiger partial charge in [-0.3, -0.25) is 9.59 Å². The Bertz CT molecular complexity index is 716. The Kier molecular flexibility index (Phi) is 4.83. The number of carbonyl (C=O) groups is 2. The Hall–Kier alpha value is -2.76. The Labute approximate surface area is 125 Å². The molecule has 0 fully saturated rings. The summed E-state index contributed by atoms with van der Waals surface area (Å²) >= 11 is 0. The molecule has 0 unspecified atom stereocenters. The topological polar surface area (TPSA) is 55.4 Å². The van der Waals surface area contributed by atoms with Gasteiger partial charge in [-0.05, 0) is 35.9 Å². The first-order chi connectivity index (χ1) is 10.5. The minimum atomic E-state index is -1.09. The maximum Gasteiger partial charge on any atom is 0.309 e. The number of methoxy groups -OCH3 is 1. The van der Waals surface area contributed by atoms with Crippen molar-refractivity contribution < 1.29 is 23.1 Å². The zero-order valence-corrected chi connectivity index (χ0v) is 11.7. The van der Waals surface area contributed by atoms with E-state index in [1.807, 2.05) is 0 Å². The van der Waals surface area contributed by atoms with Gasteiger partial charge in [0, 0.05) is 11.3 Å². The fourth-order valence-electron chi connectivity index (χ4n) is 1.84. The van der Waals surface area contributed by atoms with E-state index in [9.17, 15) is 18.4 Å². The van der Waals surface area contributed by atoms with Gasteiger partial charge in [0.15, 0.2) is 11.6 Å². The highest BCUT2D eigenvalue weighted by molar-refractivity contribution is 6.04. The van der Waals surface area contributed by atoms with Crippen LogP contribution in [0, 0.1) is 11.6 Å². The number of halogens is 2. The summed E-state index contributed by atoms with van der Waals surface area (Å²) in [7, 11) is 1.29. The van der Waals surface area contributed by atoms with Gasteiger partial charge in [-0.25, -0.2) is 8.78 Å². The molecule has 114 valence electrons. The molecule has 2 aromatic rings. The highest BCUT2D eigenvalue weighted by Gasteiger charge is 2.10. The van der Waals surface area contributed by atoms with E-state index < -0.39 is 23.5 Å².